The molecule has 2 N–H and O–H groups in total. The summed E-state index contributed by atoms with van der Waals surface area (Å²) in [5.41, 5.74) is -0.291. The van der Waals surface area contributed by atoms with E-state index in [1.807, 2.05) is 4.90 Å². The van der Waals surface area contributed by atoms with Crippen LogP contribution in [0.25, 0.3) is 0 Å². The number of hydrogen-bond acceptors (Lipinski definition) is 6. The molecule has 2 aliphatic rings. The van der Waals surface area contributed by atoms with E-state index in [1.54, 1.807) is 12.1 Å². The summed E-state index contributed by atoms with van der Waals surface area (Å²) in [6.07, 6.45) is -7.39. The van der Waals surface area contributed by atoms with Crippen LogP contribution in [-0.4, -0.2) is 77.6 Å². The van der Waals surface area contributed by atoms with Gasteiger partial charge in [-0.2, -0.15) is 13.2 Å². The molecular weight excluding hydrogens is 496 g/mol. The summed E-state index contributed by atoms with van der Waals surface area (Å²) < 4.78 is 58.3. The number of anilines is 2. The van der Waals surface area contributed by atoms with E-state index in [1.165, 1.54) is 36.9 Å². The number of aromatic nitrogens is 1. The normalized spacial score (nSPS) is 17.1. The van der Waals surface area contributed by atoms with Crippen LogP contribution in [0.3, 0.4) is 0 Å². The van der Waals surface area contributed by atoms with Crippen molar-refractivity contribution in [1.82, 2.24) is 9.88 Å². The molecule has 2 amide bonds. The van der Waals surface area contributed by atoms with E-state index in [-0.39, 0.29) is 24.5 Å². The second-order valence-corrected chi connectivity index (χ2v) is 9.69. The van der Waals surface area contributed by atoms with Crippen molar-refractivity contribution in [3.63, 3.8) is 0 Å². The van der Waals surface area contributed by atoms with Crippen LogP contribution in [0.4, 0.5) is 28.9 Å². The summed E-state index contributed by atoms with van der Waals surface area (Å²) in [7, 11) is 0. The molecule has 4 rings (SSSR count). The maximum atomic E-state index is 14.5. The average Bonchev–Trinajstić information content (AvgIpc) is 3.11. The van der Waals surface area contributed by atoms with Crippen LogP contribution in [0.1, 0.15) is 46.0 Å². The largest absolute Gasteiger partial charge is 0.394 e. The number of aliphatic hydroxyl groups is 1. The first kappa shape index (κ1) is 26.8. The summed E-state index contributed by atoms with van der Waals surface area (Å²) >= 11 is 0. The SMILES string of the molecule is CC(C)(O)C(F)CN1Cc2cc(NC(=O)c3cccc(CC(F)(F)F)n3)c(N3CCOCC3)cc2C1=O. The highest BCUT2D eigenvalue weighted by Gasteiger charge is 2.36. The number of benzene rings is 1. The molecule has 2 aromatic rings. The minimum atomic E-state index is -4.46. The van der Waals surface area contributed by atoms with Gasteiger partial charge in [0.2, 0.25) is 0 Å². The first-order valence-corrected chi connectivity index (χ1v) is 11.8. The number of carbonyl (C=O) groups is 2. The minimum absolute atomic E-state index is 0.0796. The fourth-order valence-corrected chi connectivity index (χ4v) is 4.24. The molecule has 2 aliphatic heterocycles. The van der Waals surface area contributed by atoms with Gasteiger partial charge in [0.25, 0.3) is 11.8 Å². The topological polar surface area (TPSA) is 95.0 Å². The van der Waals surface area contributed by atoms with Gasteiger partial charge >= 0.3 is 6.18 Å². The van der Waals surface area contributed by atoms with E-state index < -0.39 is 36.2 Å². The van der Waals surface area contributed by atoms with E-state index in [2.05, 4.69) is 10.3 Å². The summed E-state index contributed by atoms with van der Waals surface area (Å²) in [6.45, 7) is 4.27. The molecule has 0 spiro atoms. The smallest absolute Gasteiger partial charge is 0.387 e. The number of morpholine rings is 1. The lowest BCUT2D eigenvalue weighted by Crippen LogP contribution is -2.42. The number of nitrogens with one attached hydrogen (secondary N) is 1. The van der Waals surface area contributed by atoms with Crippen LogP contribution in [0.15, 0.2) is 30.3 Å². The van der Waals surface area contributed by atoms with Gasteiger partial charge in [0.15, 0.2) is 0 Å². The summed E-state index contributed by atoms with van der Waals surface area (Å²) in [4.78, 5) is 33.1. The zero-order chi connectivity index (χ0) is 27.0. The first-order chi connectivity index (χ1) is 17.3. The quantitative estimate of drug-likeness (QED) is 0.540. The van der Waals surface area contributed by atoms with Crippen molar-refractivity contribution in [3.8, 4) is 0 Å². The fraction of sp³-hybridized carbons (Fsp3) is 0.480. The van der Waals surface area contributed by atoms with Gasteiger partial charge in [-0.15, -0.1) is 0 Å². The molecule has 200 valence electrons. The molecule has 1 aromatic heterocycles. The second kappa shape index (κ2) is 10.3. The highest BCUT2D eigenvalue weighted by molar-refractivity contribution is 6.07. The number of rotatable bonds is 7. The molecule has 0 radical (unpaired) electrons. The van der Waals surface area contributed by atoms with Crippen LogP contribution < -0.4 is 10.2 Å². The van der Waals surface area contributed by atoms with Crippen molar-refractivity contribution in [2.75, 3.05) is 43.1 Å². The number of pyridine rings is 1. The molecular formula is C25H28F4N4O4. The van der Waals surface area contributed by atoms with Crippen LogP contribution in [0.2, 0.25) is 0 Å². The summed E-state index contributed by atoms with van der Waals surface area (Å²) in [5.74, 6) is -1.10. The van der Waals surface area contributed by atoms with Crippen LogP contribution >= 0.6 is 0 Å². The van der Waals surface area contributed by atoms with Crippen LogP contribution in [0.5, 0.6) is 0 Å². The number of alkyl halides is 4. The monoisotopic (exact) mass is 524 g/mol. The molecule has 37 heavy (non-hydrogen) atoms. The molecule has 3 heterocycles. The van der Waals surface area contributed by atoms with E-state index in [9.17, 15) is 32.3 Å². The van der Waals surface area contributed by atoms with Crippen molar-refractivity contribution in [3.05, 3.63) is 52.8 Å². The molecule has 0 saturated carbocycles. The Kier molecular flexibility index (Phi) is 7.43. The lowest BCUT2D eigenvalue weighted by Gasteiger charge is -2.31. The lowest BCUT2D eigenvalue weighted by molar-refractivity contribution is -0.127. The van der Waals surface area contributed by atoms with Crippen molar-refractivity contribution >= 4 is 23.2 Å². The molecule has 1 atom stereocenters. The highest BCUT2D eigenvalue weighted by atomic mass is 19.4. The van der Waals surface area contributed by atoms with Crippen molar-refractivity contribution in [2.24, 2.45) is 0 Å². The lowest BCUT2D eigenvalue weighted by atomic mass is 10.0. The van der Waals surface area contributed by atoms with E-state index in [0.29, 0.717) is 48.8 Å². The Hall–Kier alpha value is -3.25. The van der Waals surface area contributed by atoms with Gasteiger partial charge in [-0.3, -0.25) is 9.59 Å². The van der Waals surface area contributed by atoms with E-state index in [4.69, 9.17) is 4.74 Å². The molecule has 12 heteroatoms. The summed E-state index contributed by atoms with van der Waals surface area (Å²) in [6, 6.07) is 7.10. The van der Waals surface area contributed by atoms with Crippen molar-refractivity contribution in [2.45, 2.75) is 44.8 Å². The van der Waals surface area contributed by atoms with Gasteiger partial charge < -0.3 is 25.0 Å². The number of nitrogens with zero attached hydrogens (tertiary/aromatic N) is 3. The van der Waals surface area contributed by atoms with Crippen molar-refractivity contribution in [1.29, 1.82) is 0 Å². The number of amides is 2. The molecule has 1 aromatic carbocycles. The predicted molar refractivity (Wildman–Crippen MR) is 127 cm³/mol. The summed E-state index contributed by atoms with van der Waals surface area (Å²) in [5, 5.41) is 12.7. The van der Waals surface area contributed by atoms with Crippen molar-refractivity contribution < 1.29 is 37.0 Å². The molecule has 1 fully saturated rings. The molecule has 0 aliphatic carbocycles. The third kappa shape index (κ3) is 6.37. The predicted octanol–water partition coefficient (Wildman–Crippen LogP) is 3.34. The minimum Gasteiger partial charge on any atom is -0.387 e. The molecule has 8 nitrogen and oxygen atoms in total. The average molecular weight is 525 g/mol. The second-order valence-electron chi connectivity index (χ2n) is 9.69. The van der Waals surface area contributed by atoms with E-state index >= 15 is 0 Å². The third-order valence-corrected chi connectivity index (χ3v) is 6.27. The number of hydrogen-bond donors (Lipinski definition) is 2. The Bertz CT molecular complexity index is 1180. The van der Waals surface area contributed by atoms with Gasteiger partial charge in [0.1, 0.15) is 11.9 Å². The molecule has 1 unspecified atom stereocenters. The van der Waals surface area contributed by atoms with Gasteiger partial charge in [-0.25, -0.2) is 9.37 Å². The van der Waals surface area contributed by atoms with Gasteiger partial charge in [0, 0.05) is 25.2 Å². The Balaban J connectivity index is 1.63. The number of carbonyl (C=O) groups excluding carboxylic acids is 2. The zero-order valence-corrected chi connectivity index (χ0v) is 20.4. The van der Waals surface area contributed by atoms with E-state index in [0.717, 1.165) is 0 Å². The van der Waals surface area contributed by atoms with Gasteiger partial charge in [-0.1, -0.05) is 6.07 Å². The van der Waals surface area contributed by atoms with Crippen LogP contribution in [0, 0.1) is 0 Å². The Morgan fingerprint density at radius 3 is 2.57 bits per heavy atom. The number of fused-ring (bicyclic) bond motifs is 1. The first-order valence-electron chi connectivity index (χ1n) is 11.8. The number of halogens is 4. The standard InChI is InChI=1S/C25H28F4N4O4/c1-24(2,36)21(26)14-33-13-15-10-19(20(11-17(15)23(33)35)32-6-8-37-9-7-32)31-22(34)18-5-3-4-16(30-18)12-25(27,28)29/h3-5,10-11,21,36H,6-9,12-14H2,1-2H3,(H,31,34). The third-order valence-electron chi connectivity index (χ3n) is 6.27. The Labute approximate surface area is 211 Å². The fourth-order valence-electron chi connectivity index (χ4n) is 4.24. The molecule has 1 saturated heterocycles. The maximum absolute atomic E-state index is 14.5. The highest BCUT2D eigenvalue weighted by Crippen LogP contribution is 2.35. The van der Waals surface area contributed by atoms with Crippen LogP contribution in [-0.2, 0) is 17.7 Å². The maximum Gasteiger partial charge on any atom is 0.394 e. The molecule has 0 bridgehead atoms. The van der Waals surface area contributed by atoms with Gasteiger partial charge in [-0.05, 0) is 43.7 Å². The Morgan fingerprint density at radius 2 is 1.92 bits per heavy atom. The number of ether oxygens (including phenoxy) is 1. The zero-order valence-electron chi connectivity index (χ0n) is 20.4. The van der Waals surface area contributed by atoms with Gasteiger partial charge in [0.05, 0.1) is 48.8 Å². The Morgan fingerprint density at radius 1 is 1.22 bits per heavy atom.